The topological polar surface area (TPSA) is 148 Å². The molecule has 0 spiro atoms. The van der Waals surface area contributed by atoms with Gasteiger partial charge in [0.15, 0.2) is 22.3 Å². The van der Waals surface area contributed by atoms with Crippen molar-refractivity contribution in [1.82, 2.24) is 9.78 Å². The van der Waals surface area contributed by atoms with Crippen LogP contribution in [0.4, 0.5) is 37.8 Å². The number of halogens is 8. The van der Waals surface area contributed by atoms with E-state index in [0.29, 0.717) is 24.3 Å². The molecule has 0 aliphatic rings. The largest absolute Gasteiger partial charge is 0.476 e. The predicted octanol–water partition coefficient (Wildman–Crippen LogP) is 5.41. The van der Waals surface area contributed by atoms with Gasteiger partial charge in [-0.15, -0.1) is 0 Å². The lowest BCUT2D eigenvalue weighted by Gasteiger charge is -2.16. The molecular weight excluding hydrogens is 615 g/mol. The third-order valence-electron chi connectivity index (χ3n) is 4.49. The Kier molecular flexibility index (Phi) is 7.71. The van der Waals surface area contributed by atoms with Crippen LogP contribution in [0.25, 0.3) is 5.69 Å². The second kappa shape index (κ2) is 10.1. The van der Waals surface area contributed by atoms with Crippen LogP contribution < -0.4 is 4.72 Å². The minimum absolute atomic E-state index is 0.186. The second-order valence-corrected chi connectivity index (χ2v) is 10.8. The molecule has 0 bridgehead atoms. The Balaban J connectivity index is 2.33. The molecule has 20 heteroatoms. The number of nitro groups is 1. The number of alkyl halides is 6. The number of nitrogens with zero attached hydrogens (tertiary/aromatic N) is 4. The van der Waals surface area contributed by atoms with Crippen LogP contribution >= 0.6 is 23.2 Å². The quantitative estimate of drug-likeness (QED) is 0.220. The van der Waals surface area contributed by atoms with Gasteiger partial charge in [0.1, 0.15) is 16.7 Å². The maximum absolute atomic E-state index is 13.4. The van der Waals surface area contributed by atoms with Gasteiger partial charge in [-0.3, -0.25) is 14.8 Å². The lowest BCUT2D eigenvalue weighted by molar-refractivity contribution is -0.384. The normalized spacial score (nSPS) is 13.1. The summed E-state index contributed by atoms with van der Waals surface area (Å²) >= 11 is 11.8. The molecule has 38 heavy (non-hydrogen) atoms. The SMILES string of the molecule is N#Cc1nn(-c2c(Cl)cc(C(F)(F)F)cc2Cl)c(NS(=O)(=O)c2ccc([N+](=O)[O-])cc2)c1S(=O)C(F)(F)F. The Labute approximate surface area is 220 Å². The second-order valence-electron chi connectivity index (χ2n) is 6.91. The minimum atomic E-state index is -5.55. The summed E-state index contributed by atoms with van der Waals surface area (Å²) in [6, 6.07) is 4.76. The molecule has 0 aliphatic carbocycles. The molecule has 3 aromatic rings. The Hall–Kier alpha value is -3.40. The molecule has 0 saturated carbocycles. The number of anilines is 1. The summed E-state index contributed by atoms with van der Waals surface area (Å²) in [6.45, 7) is 0. The fraction of sp³-hybridized carbons (Fsp3) is 0.111. The number of hydrogen-bond acceptors (Lipinski definition) is 7. The van der Waals surface area contributed by atoms with E-state index in [4.69, 9.17) is 23.2 Å². The number of benzene rings is 2. The molecular formula is C18H7Cl2F6N5O5S2. The number of rotatable bonds is 6. The van der Waals surface area contributed by atoms with Crippen molar-refractivity contribution in [3.63, 3.8) is 0 Å². The van der Waals surface area contributed by atoms with Gasteiger partial charge in [0.05, 0.1) is 25.4 Å². The van der Waals surface area contributed by atoms with Gasteiger partial charge in [-0.1, -0.05) is 23.2 Å². The van der Waals surface area contributed by atoms with E-state index in [1.807, 2.05) is 0 Å². The molecule has 0 fully saturated rings. The Bertz CT molecular complexity index is 1590. The number of hydrogen-bond donors (Lipinski definition) is 1. The van der Waals surface area contributed by atoms with E-state index in [0.717, 1.165) is 12.1 Å². The lowest BCUT2D eigenvalue weighted by atomic mass is 10.2. The van der Waals surface area contributed by atoms with E-state index in [9.17, 15) is 54.3 Å². The molecule has 0 radical (unpaired) electrons. The number of non-ortho nitro benzene ring substituents is 1. The molecule has 0 saturated heterocycles. The van der Waals surface area contributed by atoms with Crippen LogP contribution in [0.15, 0.2) is 46.2 Å². The summed E-state index contributed by atoms with van der Waals surface area (Å²) in [7, 11) is -9.05. The van der Waals surface area contributed by atoms with E-state index in [-0.39, 0.29) is 4.68 Å². The molecule has 0 aliphatic heterocycles. The molecule has 202 valence electrons. The van der Waals surface area contributed by atoms with E-state index >= 15 is 0 Å². The first kappa shape index (κ1) is 29.2. The van der Waals surface area contributed by atoms with Crippen molar-refractivity contribution in [2.24, 2.45) is 0 Å². The highest BCUT2D eigenvalue weighted by Gasteiger charge is 2.44. The standard InChI is InChI=1S/C18H7Cl2F6N5O5S2/c19-11-5-8(17(21,22)23)6-12(20)14(11)30-16(15(13(7-27)28-30)37(34)18(24,25)26)29-38(35,36)10-3-1-9(2-4-10)31(32)33/h1-6,29H. The molecule has 3 rings (SSSR count). The zero-order valence-corrected chi connectivity index (χ0v) is 20.8. The van der Waals surface area contributed by atoms with Crippen LogP contribution in [0.1, 0.15) is 11.3 Å². The van der Waals surface area contributed by atoms with Crippen molar-refractivity contribution in [1.29, 1.82) is 5.26 Å². The molecule has 1 heterocycles. The number of aromatic nitrogens is 2. The smallest absolute Gasteiger partial charge is 0.262 e. The molecule has 2 aromatic carbocycles. The monoisotopic (exact) mass is 621 g/mol. The van der Waals surface area contributed by atoms with Gasteiger partial charge in [0, 0.05) is 12.1 Å². The minimum Gasteiger partial charge on any atom is -0.262 e. The maximum atomic E-state index is 13.4. The highest BCUT2D eigenvalue weighted by molar-refractivity contribution is 7.93. The van der Waals surface area contributed by atoms with Gasteiger partial charge in [0.25, 0.3) is 15.7 Å². The van der Waals surface area contributed by atoms with Crippen molar-refractivity contribution in [2.75, 3.05) is 4.72 Å². The van der Waals surface area contributed by atoms with E-state index in [2.05, 4.69) is 5.10 Å². The number of nitriles is 1. The fourth-order valence-corrected chi connectivity index (χ4v) is 5.46. The molecule has 1 atom stereocenters. The Morgan fingerprint density at radius 2 is 1.61 bits per heavy atom. The number of nitrogens with one attached hydrogen (secondary N) is 1. The molecule has 1 unspecified atom stereocenters. The number of sulfonamides is 1. The molecule has 10 nitrogen and oxygen atoms in total. The molecule has 1 aromatic heterocycles. The van der Waals surface area contributed by atoms with Crippen LogP contribution in [0.2, 0.25) is 10.0 Å². The van der Waals surface area contributed by atoms with Crippen LogP contribution in [0, 0.1) is 21.4 Å². The fourth-order valence-electron chi connectivity index (χ4n) is 2.88. The van der Waals surface area contributed by atoms with Crippen molar-refractivity contribution >= 4 is 55.5 Å². The van der Waals surface area contributed by atoms with E-state index < -0.39 is 85.7 Å². The predicted molar refractivity (Wildman–Crippen MR) is 120 cm³/mol. The summed E-state index contributed by atoms with van der Waals surface area (Å²) in [5, 5.41) is 21.8. The van der Waals surface area contributed by atoms with Crippen LogP contribution in [0.3, 0.4) is 0 Å². The maximum Gasteiger partial charge on any atom is 0.476 e. The van der Waals surface area contributed by atoms with E-state index in [1.165, 1.54) is 6.07 Å². The third kappa shape index (κ3) is 5.70. The first-order valence-corrected chi connectivity index (χ1v) is 12.6. The summed E-state index contributed by atoms with van der Waals surface area (Å²) in [5.41, 5.74) is -9.49. The first-order valence-electron chi connectivity index (χ1n) is 9.24. The average molecular weight is 622 g/mol. The number of nitro benzene ring substituents is 1. The van der Waals surface area contributed by atoms with Crippen LogP contribution in [-0.4, -0.2) is 32.8 Å². The van der Waals surface area contributed by atoms with Gasteiger partial charge in [0.2, 0.25) is 0 Å². The summed E-state index contributed by atoms with van der Waals surface area (Å²) in [4.78, 5) is 7.72. The first-order chi connectivity index (χ1) is 17.4. The zero-order valence-electron chi connectivity index (χ0n) is 17.6. The molecule has 0 amide bonds. The van der Waals surface area contributed by atoms with Gasteiger partial charge in [-0.05, 0) is 24.3 Å². The van der Waals surface area contributed by atoms with Gasteiger partial charge in [-0.25, -0.2) is 17.3 Å². The molecule has 1 N–H and O–H groups in total. The Morgan fingerprint density at radius 3 is 2.03 bits per heavy atom. The van der Waals surface area contributed by atoms with Crippen molar-refractivity contribution in [2.45, 2.75) is 21.5 Å². The zero-order chi connectivity index (χ0) is 28.8. The third-order valence-corrected chi connectivity index (χ3v) is 7.60. The van der Waals surface area contributed by atoms with Gasteiger partial charge < -0.3 is 0 Å². The van der Waals surface area contributed by atoms with Crippen LogP contribution in [-0.2, 0) is 27.0 Å². The van der Waals surface area contributed by atoms with Gasteiger partial charge >= 0.3 is 11.7 Å². The Morgan fingerprint density at radius 1 is 1.08 bits per heavy atom. The summed E-state index contributed by atoms with van der Waals surface area (Å²) in [5.74, 6) is -1.29. The van der Waals surface area contributed by atoms with E-state index in [1.54, 1.807) is 4.72 Å². The lowest BCUT2D eigenvalue weighted by Crippen LogP contribution is -2.21. The highest BCUT2D eigenvalue weighted by atomic mass is 35.5. The van der Waals surface area contributed by atoms with Gasteiger partial charge in [-0.2, -0.15) is 36.7 Å². The van der Waals surface area contributed by atoms with Crippen molar-refractivity contribution < 1.29 is 43.9 Å². The highest BCUT2D eigenvalue weighted by Crippen LogP contribution is 2.41. The van der Waals surface area contributed by atoms with Crippen LogP contribution in [0.5, 0.6) is 0 Å². The summed E-state index contributed by atoms with van der Waals surface area (Å²) < 4.78 is 120. The van der Waals surface area contributed by atoms with Crippen molar-refractivity contribution in [3.05, 3.63) is 67.8 Å². The van der Waals surface area contributed by atoms with Crippen molar-refractivity contribution in [3.8, 4) is 11.8 Å². The average Bonchev–Trinajstić information content (AvgIpc) is 3.13. The summed E-state index contributed by atoms with van der Waals surface area (Å²) in [6.07, 6.45) is -4.96.